The fourth-order valence-corrected chi connectivity index (χ4v) is 2.88. The maximum Gasteiger partial charge on any atom is 0.185 e. The molecule has 0 bridgehead atoms. The molecule has 0 atom stereocenters. The first-order valence-corrected chi connectivity index (χ1v) is 8.06. The molecule has 1 aromatic heterocycles. The lowest BCUT2D eigenvalue weighted by Gasteiger charge is -2.16. The highest BCUT2D eigenvalue weighted by molar-refractivity contribution is 7.13. The molecule has 2 aromatic rings. The average Bonchev–Trinajstić information content (AvgIpc) is 2.91. The number of nitrogens with one attached hydrogen (secondary N) is 1. The van der Waals surface area contributed by atoms with E-state index in [0.29, 0.717) is 0 Å². The summed E-state index contributed by atoms with van der Waals surface area (Å²) >= 11 is 7.86. The van der Waals surface area contributed by atoms with Crippen LogP contribution >= 0.6 is 22.9 Å². The van der Waals surface area contributed by atoms with Gasteiger partial charge in [0.2, 0.25) is 0 Å². The van der Waals surface area contributed by atoms with Crippen LogP contribution in [-0.4, -0.2) is 18.6 Å². The molecule has 1 heterocycles. The van der Waals surface area contributed by atoms with E-state index >= 15 is 0 Å². The van der Waals surface area contributed by atoms with Crippen LogP contribution < -0.4 is 10.2 Å². The lowest BCUT2D eigenvalue weighted by molar-refractivity contribution is 0.666. The largest absolute Gasteiger partial charge is 0.347 e. The lowest BCUT2D eigenvalue weighted by Crippen LogP contribution is -2.17. The molecule has 0 aliphatic rings. The Morgan fingerprint density at radius 2 is 2.15 bits per heavy atom. The predicted molar refractivity (Wildman–Crippen MR) is 87.7 cm³/mol. The van der Waals surface area contributed by atoms with E-state index in [0.717, 1.165) is 47.5 Å². The number of anilines is 1. The van der Waals surface area contributed by atoms with Crippen LogP contribution in [0.25, 0.3) is 0 Å². The third kappa shape index (κ3) is 4.20. The maximum absolute atomic E-state index is 6.19. The van der Waals surface area contributed by atoms with Crippen molar-refractivity contribution in [1.29, 1.82) is 0 Å². The molecule has 0 aliphatic carbocycles. The summed E-state index contributed by atoms with van der Waals surface area (Å²) in [6.45, 7) is 4.80. The van der Waals surface area contributed by atoms with Gasteiger partial charge in [-0.2, -0.15) is 0 Å². The second-order valence-corrected chi connectivity index (χ2v) is 5.99. The number of hydrogen-bond donors (Lipinski definition) is 1. The van der Waals surface area contributed by atoms with Gasteiger partial charge in [-0.15, -0.1) is 11.3 Å². The van der Waals surface area contributed by atoms with Crippen molar-refractivity contribution < 1.29 is 0 Å². The van der Waals surface area contributed by atoms with E-state index in [4.69, 9.17) is 11.6 Å². The molecule has 0 saturated carbocycles. The van der Waals surface area contributed by atoms with Crippen LogP contribution in [0.2, 0.25) is 5.02 Å². The molecule has 5 heteroatoms. The van der Waals surface area contributed by atoms with E-state index in [2.05, 4.69) is 33.6 Å². The number of nitrogens with zero attached hydrogens (tertiary/aromatic N) is 2. The van der Waals surface area contributed by atoms with Crippen molar-refractivity contribution in [2.75, 3.05) is 18.5 Å². The topological polar surface area (TPSA) is 28.2 Å². The summed E-state index contributed by atoms with van der Waals surface area (Å²) in [4.78, 5) is 6.78. The Balaban J connectivity index is 1.96. The van der Waals surface area contributed by atoms with E-state index in [1.165, 1.54) is 0 Å². The fraction of sp³-hybridized carbons (Fsp3) is 0.400. The van der Waals surface area contributed by atoms with Crippen molar-refractivity contribution >= 4 is 28.1 Å². The van der Waals surface area contributed by atoms with Crippen LogP contribution in [0.4, 0.5) is 5.13 Å². The second-order valence-electron chi connectivity index (χ2n) is 4.75. The number of aromatic nitrogens is 1. The molecule has 2 rings (SSSR count). The van der Waals surface area contributed by atoms with Crippen LogP contribution in [0, 0.1) is 0 Å². The second kappa shape index (κ2) is 7.62. The van der Waals surface area contributed by atoms with E-state index in [1.54, 1.807) is 11.3 Å². The molecule has 0 fully saturated rings. The SMILES string of the molecule is CCCNCc1csc(N(C)Cc2ccccc2Cl)n1. The molecule has 20 heavy (non-hydrogen) atoms. The Labute approximate surface area is 129 Å². The minimum absolute atomic E-state index is 0.773. The molecule has 108 valence electrons. The van der Waals surface area contributed by atoms with Crippen LogP contribution in [0.15, 0.2) is 29.6 Å². The van der Waals surface area contributed by atoms with E-state index in [1.807, 2.05) is 25.2 Å². The van der Waals surface area contributed by atoms with Crippen LogP contribution in [0.1, 0.15) is 24.6 Å². The summed E-state index contributed by atoms with van der Waals surface area (Å²) in [6.07, 6.45) is 1.14. The van der Waals surface area contributed by atoms with Gasteiger partial charge < -0.3 is 10.2 Å². The van der Waals surface area contributed by atoms with Gasteiger partial charge in [0, 0.05) is 30.5 Å². The smallest absolute Gasteiger partial charge is 0.185 e. The summed E-state index contributed by atoms with van der Waals surface area (Å²) in [5.74, 6) is 0. The molecule has 0 radical (unpaired) electrons. The maximum atomic E-state index is 6.19. The van der Waals surface area contributed by atoms with Gasteiger partial charge in [0.15, 0.2) is 5.13 Å². The molecular weight excluding hydrogens is 290 g/mol. The highest BCUT2D eigenvalue weighted by Crippen LogP contribution is 2.23. The van der Waals surface area contributed by atoms with Crippen molar-refractivity contribution in [3.05, 3.63) is 45.9 Å². The summed E-state index contributed by atoms with van der Waals surface area (Å²) in [7, 11) is 2.05. The van der Waals surface area contributed by atoms with Gasteiger partial charge >= 0.3 is 0 Å². The molecule has 1 N–H and O–H groups in total. The highest BCUT2D eigenvalue weighted by Gasteiger charge is 2.09. The molecule has 0 aliphatic heterocycles. The van der Waals surface area contributed by atoms with Crippen LogP contribution in [0.5, 0.6) is 0 Å². The van der Waals surface area contributed by atoms with Gasteiger partial charge in [-0.3, -0.25) is 0 Å². The third-order valence-corrected chi connectivity index (χ3v) is 4.34. The number of hydrogen-bond acceptors (Lipinski definition) is 4. The Bertz CT molecular complexity index is 541. The lowest BCUT2D eigenvalue weighted by atomic mass is 10.2. The summed E-state index contributed by atoms with van der Waals surface area (Å²) in [5, 5.41) is 7.31. The average molecular weight is 310 g/mol. The molecular formula is C15H20ClN3S. The first-order valence-electron chi connectivity index (χ1n) is 6.80. The molecule has 1 aromatic carbocycles. The number of rotatable bonds is 7. The molecule has 0 amide bonds. The monoisotopic (exact) mass is 309 g/mol. The molecule has 0 saturated heterocycles. The Morgan fingerprint density at radius 1 is 1.35 bits per heavy atom. The summed E-state index contributed by atoms with van der Waals surface area (Å²) in [6, 6.07) is 7.94. The van der Waals surface area contributed by atoms with Crippen molar-refractivity contribution in [1.82, 2.24) is 10.3 Å². The zero-order chi connectivity index (χ0) is 14.4. The Morgan fingerprint density at radius 3 is 2.90 bits per heavy atom. The van der Waals surface area contributed by atoms with Gasteiger partial charge in [0.1, 0.15) is 0 Å². The van der Waals surface area contributed by atoms with E-state index < -0.39 is 0 Å². The quantitative estimate of drug-likeness (QED) is 0.785. The van der Waals surface area contributed by atoms with Gasteiger partial charge in [-0.05, 0) is 24.6 Å². The van der Waals surface area contributed by atoms with Gasteiger partial charge in [-0.1, -0.05) is 36.7 Å². The van der Waals surface area contributed by atoms with Crippen molar-refractivity contribution in [2.45, 2.75) is 26.4 Å². The van der Waals surface area contributed by atoms with E-state index in [-0.39, 0.29) is 0 Å². The minimum atomic E-state index is 0.773. The minimum Gasteiger partial charge on any atom is -0.347 e. The molecule has 3 nitrogen and oxygen atoms in total. The zero-order valence-corrected chi connectivity index (χ0v) is 13.5. The normalized spacial score (nSPS) is 10.8. The third-order valence-electron chi connectivity index (χ3n) is 2.96. The standard InChI is InChI=1S/C15H20ClN3S/c1-3-8-17-9-13-11-20-15(18-13)19(2)10-12-6-4-5-7-14(12)16/h4-7,11,17H,3,8-10H2,1-2H3. The Hall–Kier alpha value is -1.10. The summed E-state index contributed by atoms with van der Waals surface area (Å²) < 4.78 is 0. The highest BCUT2D eigenvalue weighted by atomic mass is 35.5. The van der Waals surface area contributed by atoms with Gasteiger partial charge in [0.25, 0.3) is 0 Å². The number of benzene rings is 1. The fourth-order valence-electron chi connectivity index (χ4n) is 1.90. The zero-order valence-electron chi connectivity index (χ0n) is 11.9. The predicted octanol–water partition coefficient (Wildman–Crippen LogP) is 3.93. The number of halogens is 1. The van der Waals surface area contributed by atoms with Crippen molar-refractivity contribution in [3.63, 3.8) is 0 Å². The van der Waals surface area contributed by atoms with Crippen molar-refractivity contribution in [2.24, 2.45) is 0 Å². The van der Waals surface area contributed by atoms with Crippen LogP contribution in [-0.2, 0) is 13.1 Å². The first-order chi connectivity index (χ1) is 9.70. The molecule has 0 unspecified atom stereocenters. The van der Waals surface area contributed by atoms with Crippen molar-refractivity contribution in [3.8, 4) is 0 Å². The molecule has 0 spiro atoms. The summed E-state index contributed by atoms with van der Waals surface area (Å²) in [5.41, 5.74) is 2.22. The van der Waals surface area contributed by atoms with Gasteiger partial charge in [-0.25, -0.2) is 4.98 Å². The Kier molecular flexibility index (Phi) is 5.83. The van der Waals surface area contributed by atoms with Gasteiger partial charge in [0.05, 0.1) is 5.69 Å². The number of thiazole rings is 1. The van der Waals surface area contributed by atoms with Crippen LogP contribution in [0.3, 0.4) is 0 Å². The first kappa shape index (κ1) is 15.3. The van der Waals surface area contributed by atoms with E-state index in [9.17, 15) is 0 Å².